The molecule has 1 aromatic rings. The fourth-order valence-corrected chi connectivity index (χ4v) is 3.13. The van der Waals surface area contributed by atoms with Crippen LogP contribution in [-0.2, 0) is 11.3 Å². The second kappa shape index (κ2) is 7.09. The van der Waals surface area contributed by atoms with Gasteiger partial charge in [-0.05, 0) is 18.9 Å². The summed E-state index contributed by atoms with van der Waals surface area (Å²) in [4.78, 5) is 6.11. The van der Waals surface area contributed by atoms with E-state index >= 15 is 0 Å². The largest absolute Gasteiger partial charge is 0.374 e. The maximum atomic E-state index is 5.47. The van der Waals surface area contributed by atoms with Crippen molar-refractivity contribution >= 4 is 11.3 Å². The average Bonchev–Trinajstić information content (AvgIpc) is 2.72. The first-order valence-electron chi connectivity index (χ1n) is 6.36. The normalized spacial score (nSPS) is 13.3. The predicted molar refractivity (Wildman–Crippen MR) is 73.6 cm³/mol. The maximum Gasteiger partial charge on any atom is 0.122 e. The van der Waals surface area contributed by atoms with Crippen LogP contribution in [0.1, 0.15) is 61.7 Å². The van der Waals surface area contributed by atoms with Crippen LogP contribution in [0.5, 0.6) is 0 Å². The molecule has 0 saturated heterocycles. The highest BCUT2D eigenvalue weighted by atomic mass is 32.1. The predicted octanol–water partition coefficient (Wildman–Crippen LogP) is 3.47. The highest BCUT2D eigenvalue weighted by Crippen LogP contribution is 2.31. The zero-order chi connectivity index (χ0) is 12.8. The molecule has 0 aromatic carbocycles. The van der Waals surface area contributed by atoms with Gasteiger partial charge in [-0.1, -0.05) is 27.7 Å². The monoisotopic (exact) mass is 256 g/mol. The van der Waals surface area contributed by atoms with Crippen molar-refractivity contribution in [3.05, 3.63) is 15.6 Å². The molecule has 3 nitrogen and oxygen atoms in total. The first kappa shape index (κ1) is 14.6. The molecule has 0 radical (unpaired) electrons. The zero-order valence-corrected chi connectivity index (χ0v) is 12.4. The van der Waals surface area contributed by atoms with Crippen LogP contribution in [0.2, 0.25) is 0 Å². The lowest BCUT2D eigenvalue weighted by Gasteiger charge is -2.08. The third-order valence-corrected chi connectivity index (χ3v) is 3.92. The van der Waals surface area contributed by atoms with E-state index in [1.54, 1.807) is 18.4 Å². The minimum atomic E-state index is 0.146. The number of rotatable bonds is 7. The summed E-state index contributed by atoms with van der Waals surface area (Å²) >= 11 is 1.79. The van der Waals surface area contributed by atoms with Crippen LogP contribution < -0.4 is 5.32 Å². The summed E-state index contributed by atoms with van der Waals surface area (Å²) < 4.78 is 5.47. The van der Waals surface area contributed by atoms with E-state index in [-0.39, 0.29) is 6.10 Å². The van der Waals surface area contributed by atoms with Gasteiger partial charge in [0.05, 0.1) is 5.69 Å². The first-order valence-corrected chi connectivity index (χ1v) is 7.18. The number of nitrogens with one attached hydrogen (secondary N) is 1. The van der Waals surface area contributed by atoms with Gasteiger partial charge in [0.1, 0.15) is 11.1 Å². The Morgan fingerprint density at radius 2 is 2.06 bits per heavy atom. The number of thiazole rings is 1. The smallest absolute Gasteiger partial charge is 0.122 e. The lowest BCUT2D eigenvalue weighted by molar-refractivity contribution is 0.0996. The summed E-state index contributed by atoms with van der Waals surface area (Å²) in [6, 6.07) is 0. The van der Waals surface area contributed by atoms with Crippen molar-refractivity contribution in [2.24, 2.45) is 0 Å². The van der Waals surface area contributed by atoms with Crippen LogP contribution in [0.4, 0.5) is 0 Å². The van der Waals surface area contributed by atoms with Crippen molar-refractivity contribution in [1.82, 2.24) is 10.3 Å². The molecule has 1 heterocycles. The topological polar surface area (TPSA) is 34.1 Å². The summed E-state index contributed by atoms with van der Waals surface area (Å²) in [7, 11) is 1.76. The standard InChI is InChI=1S/C13H24N2OS/c1-6-10(16-5)13-15-12(9(3)4)11(17-13)8-14-7-2/h9-10,14H,6-8H2,1-5H3. The minimum Gasteiger partial charge on any atom is -0.374 e. The third kappa shape index (κ3) is 3.76. The number of hydrogen-bond donors (Lipinski definition) is 1. The number of aromatic nitrogens is 1. The Balaban J connectivity index is 2.94. The van der Waals surface area contributed by atoms with E-state index in [2.05, 4.69) is 33.0 Å². The van der Waals surface area contributed by atoms with Crippen LogP contribution in [0, 0.1) is 0 Å². The molecule has 1 atom stereocenters. The SMILES string of the molecule is CCNCc1sc(C(CC)OC)nc1C(C)C. The van der Waals surface area contributed by atoms with Gasteiger partial charge >= 0.3 is 0 Å². The Kier molecular flexibility index (Phi) is 6.09. The fourth-order valence-electron chi connectivity index (χ4n) is 1.78. The summed E-state index contributed by atoms with van der Waals surface area (Å²) in [5, 5.41) is 4.49. The van der Waals surface area contributed by atoms with Gasteiger partial charge in [-0.25, -0.2) is 4.98 Å². The van der Waals surface area contributed by atoms with Crippen LogP contribution >= 0.6 is 11.3 Å². The van der Waals surface area contributed by atoms with Crippen LogP contribution in [0.3, 0.4) is 0 Å². The van der Waals surface area contributed by atoms with E-state index in [0.717, 1.165) is 24.5 Å². The molecule has 0 aliphatic carbocycles. The van der Waals surface area contributed by atoms with Gasteiger partial charge in [0.2, 0.25) is 0 Å². The van der Waals surface area contributed by atoms with Crippen LogP contribution in [0.15, 0.2) is 0 Å². The number of ether oxygens (including phenoxy) is 1. The summed E-state index contributed by atoms with van der Waals surface area (Å²) in [5.41, 5.74) is 1.22. The first-order chi connectivity index (χ1) is 8.13. The molecule has 0 aliphatic heterocycles. The van der Waals surface area contributed by atoms with Crippen LogP contribution in [0.25, 0.3) is 0 Å². The number of nitrogens with zero attached hydrogens (tertiary/aromatic N) is 1. The Hall–Kier alpha value is -0.450. The summed E-state index contributed by atoms with van der Waals surface area (Å²) in [5.74, 6) is 0.475. The molecule has 0 aliphatic rings. The molecular weight excluding hydrogens is 232 g/mol. The molecule has 0 bridgehead atoms. The molecule has 0 amide bonds. The molecule has 4 heteroatoms. The molecule has 0 saturated carbocycles. The molecule has 1 N–H and O–H groups in total. The Labute approximate surface area is 109 Å². The van der Waals surface area contributed by atoms with E-state index in [0.29, 0.717) is 5.92 Å². The zero-order valence-electron chi connectivity index (χ0n) is 11.5. The highest BCUT2D eigenvalue weighted by molar-refractivity contribution is 7.11. The second-order valence-electron chi connectivity index (χ2n) is 4.43. The molecule has 1 rings (SSSR count). The fraction of sp³-hybridized carbons (Fsp3) is 0.769. The lowest BCUT2D eigenvalue weighted by Crippen LogP contribution is -2.12. The quantitative estimate of drug-likeness (QED) is 0.811. The van der Waals surface area contributed by atoms with Crippen molar-refractivity contribution in [2.75, 3.05) is 13.7 Å². The molecule has 1 unspecified atom stereocenters. The van der Waals surface area contributed by atoms with Crippen molar-refractivity contribution in [1.29, 1.82) is 0 Å². The van der Waals surface area contributed by atoms with Crippen molar-refractivity contribution in [3.8, 4) is 0 Å². The average molecular weight is 256 g/mol. The van der Waals surface area contributed by atoms with Crippen LogP contribution in [-0.4, -0.2) is 18.6 Å². The summed E-state index contributed by atoms with van der Waals surface area (Å²) in [6.45, 7) is 10.6. The molecule has 0 fully saturated rings. The minimum absolute atomic E-state index is 0.146. The third-order valence-electron chi connectivity index (χ3n) is 2.76. The molecule has 17 heavy (non-hydrogen) atoms. The number of hydrogen-bond acceptors (Lipinski definition) is 4. The molecular formula is C13H24N2OS. The maximum absolute atomic E-state index is 5.47. The van der Waals surface area contributed by atoms with E-state index in [1.807, 2.05) is 0 Å². The van der Waals surface area contributed by atoms with E-state index in [9.17, 15) is 0 Å². The van der Waals surface area contributed by atoms with Gasteiger partial charge in [0.25, 0.3) is 0 Å². The van der Waals surface area contributed by atoms with Gasteiger partial charge in [-0.15, -0.1) is 11.3 Å². The van der Waals surface area contributed by atoms with E-state index in [4.69, 9.17) is 9.72 Å². The van der Waals surface area contributed by atoms with Gasteiger partial charge in [0, 0.05) is 18.5 Å². The van der Waals surface area contributed by atoms with Crippen molar-refractivity contribution < 1.29 is 4.74 Å². The van der Waals surface area contributed by atoms with E-state index in [1.165, 1.54) is 10.6 Å². The Morgan fingerprint density at radius 3 is 2.53 bits per heavy atom. The highest BCUT2D eigenvalue weighted by Gasteiger charge is 2.18. The van der Waals surface area contributed by atoms with Gasteiger partial charge < -0.3 is 10.1 Å². The van der Waals surface area contributed by atoms with Crippen molar-refractivity contribution in [2.45, 2.75) is 52.7 Å². The second-order valence-corrected chi connectivity index (χ2v) is 5.54. The van der Waals surface area contributed by atoms with Gasteiger partial charge in [-0.3, -0.25) is 0 Å². The lowest BCUT2D eigenvalue weighted by atomic mass is 10.1. The Morgan fingerprint density at radius 1 is 1.35 bits per heavy atom. The molecule has 98 valence electrons. The van der Waals surface area contributed by atoms with Gasteiger partial charge in [0.15, 0.2) is 0 Å². The summed E-state index contributed by atoms with van der Waals surface area (Å²) in [6.07, 6.45) is 1.12. The molecule has 0 spiro atoms. The Bertz CT molecular complexity index is 332. The van der Waals surface area contributed by atoms with E-state index < -0.39 is 0 Å². The van der Waals surface area contributed by atoms with Gasteiger partial charge in [-0.2, -0.15) is 0 Å². The molecule has 1 aromatic heterocycles. The van der Waals surface area contributed by atoms with Crippen molar-refractivity contribution in [3.63, 3.8) is 0 Å². The number of methoxy groups -OCH3 is 1.